The Kier molecular flexibility index (Phi) is 5.31. The molecule has 5 nitrogen and oxygen atoms in total. The molecule has 0 radical (unpaired) electrons. The van der Waals surface area contributed by atoms with Gasteiger partial charge in [0.05, 0.1) is 18.8 Å². The highest BCUT2D eigenvalue weighted by Crippen LogP contribution is 2.17. The first kappa shape index (κ1) is 13.9. The van der Waals surface area contributed by atoms with Crippen molar-refractivity contribution in [1.29, 1.82) is 0 Å². The van der Waals surface area contributed by atoms with E-state index in [1.807, 2.05) is 13.0 Å². The monoisotopic (exact) mass is 239 g/mol. The summed E-state index contributed by atoms with van der Waals surface area (Å²) in [6.07, 6.45) is 4.04. The molecule has 17 heavy (non-hydrogen) atoms. The molecule has 0 fully saturated rings. The molecule has 0 saturated heterocycles. The van der Waals surface area contributed by atoms with E-state index in [1.165, 1.54) is 6.33 Å². The molecule has 0 unspecified atom stereocenters. The number of hydrogen-bond acceptors (Lipinski definition) is 5. The van der Waals surface area contributed by atoms with Gasteiger partial charge in [-0.25, -0.2) is 9.97 Å². The van der Waals surface area contributed by atoms with Gasteiger partial charge in [0.1, 0.15) is 12.1 Å². The number of anilines is 1. The molecule has 3 N–H and O–H groups in total. The zero-order valence-corrected chi connectivity index (χ0v) is 10.5. The summed E-state index contributed by atoms with van der Waals surface area (Å²) in [5, 5.41) is 21.8. The Morgan fingerprint density at radius 2 is 1.94 bits per heavy atom. The van der Waals surface area contributed by atoms with E-state index in [-0.39, 0.29) is 13.2 Å². The normalized spacial score (nSPS) is 11.5. The molecule has 0 aliphatic carbocycles. The maximum atomic E-state index is 9.34. The van der Waals surface area contributed by atoms with Crippen molar-refractivity contribution in [3.63, 3.8) is 0 Å². The molecule has 1 heterocycles. The van der Waals surface area contributed by atoms with Crippen molar-refractivity contribution in [2.45, 2.75) is 38.6 Å². The summed E-state index contributed by atoms with van der Waals surface area (Å²) in [7, 11) is 0. The third kappa shape index (κ3) is 3.64. The number of nitrogens with zero attached hydrogens (tertiary/aromatic N) is 2. The smallest absolute Gasteiger partial charge is 0.130 e. The number of nitrogens with one attached hydrogen (secondary N) is 1. The molecular weight excluding hydrogens is 218 g/mol. The standard InChI is InChI=1S/C12H21N3O2/c1-3-5-10-6-11(14-9-13-10)15-12(4-2,7-16)8-17/h6,9,16-17H,3-5,7-8H2,1-2H3,(H,13,14,15). The van der Waals surface area contributed by atoms with Gasteiger partial charge < -0.3 is 15.5 Å². The van der Waals surface area contributed by atoms with Crippen molar-refractivity contribution in [2.24, 2.45) is 0 Å². The van der Waals surface area contributed by atoms with Gasteiger partial charge in [-0.1, -0.05) is 20.3 Å². The summed E-state index contributed by atoms with van der Waals surface area (Å²) < 4.78 is 0. The van der Waals surface area contributed by atoms with Crippen molar-refractivity contribution in [3.05, 3.63) is 18.1 Å². The highest BCUT2D eigenvalue weighted by atomic mass is 16.3. The largest absolute Gasteiger partial charge is 0.394 e. The van der Waals surface area contributed by atoms with E-state index in [4.69, 9.17) is 0 Å². The minimum absolute atomic E-state index is 0.132. The fourth-order valence-electron chi connectivity index (χ4n) is 1.57. The summed E-state index contributed by atoms with van der Waals surface area (Å²) in [5.41, 5.74) is 0.253. The van der Waals surface area contributed by atoms with Gasteiger partial charge >= 0.3 is 0 Å². The maximum Gasteiger partial charge on any atom is 0.130 e. The lowest BCUT2D eigenvalue weighted by atomic mass is 9.98. The first-order chi connectivity index (χ1) is 8.19. The summed E-state index contributed by atoms with van der Waals surface area (Å²) in [6, 6.07) is 1.86. The Morgan fingerprint density at radius 3 is 2.47 bits per heavy atom. The topological polar surface area (TPSA) is 78.3 Å². The number of aryl methyl sites for hydroxylation is 1. The SMILES string of the molecule is CCCc1cc(NC(CC)(CO)CO)ncn1. The molecule has 0 bridgehead atoms. The van der Waals surface area contributed by atoms with Gasteiger partial charge in [-0.15, -0.1) is 0 Å². The molecule has 5 heteroatoms. The van der Waals surface area contributed by atoms with Gasteiger partial charge in [0.15, 0.2) is 0 Å². The van der Waals surface area contributed by atoms with Crippen molar-refractivity contribution in [2.75, 3.05) is 18.5 Å². The molecular formula is C12H21N3O2. The third-order valence-corrected chi connectivity index (χ3v) is 2.91. The van der Waals surface area contributed by atoms with Crippen LogP contribution in [0, 0.1) is 0 Å². The Balaban J connectivity index is 2.82. The van der Waals surface area contributed by atoms with Crippen LogP contribution in [0.5, 0.6) is 0 Å². The lowest BCUT2D eigenvalue weighted by molar-refractivity contribution is 0.132. The van der Waals surface area contributed by atoms with E-state index >= 15 is 0 Å². The zero-order chi connectivity index (χ0) is 12.7. The van der Waals surface area contributed by atoms with Crippen LogP contribution in [0.15, 0.2) is 12.4 Å². The summed E-state index contributed by atoms with van der Waals surface area (Å²) in [4.78, 5) is 8.27. The average molecular weight is 239 g/mol. The Morgan fingerprint density at radius 1 is 1.24 bits per heavy atom. The molecule has 0 aliphatic heterocycles. The van der Waals surface area contributed by atoms with Gasteiger partial charge in [0.2, 0.25) is 0 Å². The number of aliphatic hydroxyl groups excluding tert-OH is 2. The molecule has 1 rings (SSSR count). The van der Waals surface area contributed by atoms with Crippen molar-refractivity contribution in [3.8, 4) is 0 Å². The molecule has 0 atom stereocenters. The highest BCUT2D eigenvalue weighted by Gasteiger charge is 2.26. The van der Waals surface area contributed by atoms with Crippen LogP contribution in [0.25, 0.3) is 0 Å². The maximum absolute atomic E-state index is 9.34. The second-order valence-electron chi connectivity index (χ2n) is 4.22. The number of hydrogen-bond donors (Lipinski definition) is 3. The van der Waals surface area contributed by atoms with Gasteiger partial charge in [-0.05, 0) is 12.8 Å². The molecule has 0 spiro atoms. The molecule has 0 saturated carbocycles. The van der Waals surface area contributed by atoms with Gasteiger partial charge in [0.25, 0.3) is 0 Å². The molecule has 1 aromatic rings. The van der Waals surface area contributed by atoms with Crippen molar-refractivity contribution < 1.29 is 10.2 Å². The fourth-order valence-corrected chi connectivity index (χ4v) is 1.57. The van der Waals surface area contributed by atoms with E-state index in [0.29, 0.717) is 12.2 Å². The third-order valence-electron chi connectivity index (χ3n) is 2.91. The van der Waals surface area contributed by atoms with Crippen LogP contribution in [0.3, 0.4) is 0 Å². The van der Waals surface area contributed by atoms with E-state index in [2.05, 4.69) is 22.2 Å². The second-order valence-corrected chi connectivity index (χ2v) is 4.22. The highest BCUT2D eigenvalue weighted by molar-refractivity contribution is 5.38. The summed E-state index contributed by atoms with van der Waals surface area (Å²) >= 11 is 0. The minimum atomic E-state index is -0.710. The van der Waals surface area contributed by atoms with Crippen LogP contribution in [0.4, 0.5) is 5.82 Å². The predicted octanol–water partition coefficient (Wildman–Crippen LogP) is 0.974. The van der Waals surface area contributed by atoms with Crippen LogP contribution >= 0.6 is 0 Å². The first-order valence-corrected chi connectivity index (χ1v) is 6.00. The summed E-state index contributed by atoms with van der Waals surface area (Å²) in [6.45, 7) is 3.74. The minimum Gasteiger partial charge on any atom is -0.394 e. The fraction of sp³-hybridized carbons (Fsp3) is 0.667. The zero-order valence-electron chi connectivity index (χ0n) is 10.5. The van der Waals surface area contributed by atoms with Crippen molar-refractivity contribution in [1.82, 2.24) is 9.97 Å². The lowest BCUT2D eigenvalue weighted by Gasteiger charge is -2.30. The van der Waals surface area contributed by atoms with E-state index in [9.17, 15) is 10.2 Å². The average Bonchev–Trinajstić information content (AvgIpc) is 2.37. The Bertz CT molecular complexity index is 332. The second kappa shape index (κ2) is 6.51. The van der Waals surface area contributed by atoms with Gasteiger partial charge in [-0.3, -0.25) is 0 Å². The number of aliphatic hydroxyl groups is 2. The Hall–Kier alpha value is -1.20. The number of aromatic nitrogens is 2. The van der Waals surface area contributed by atoms with Crippen molar-refractivity contribution >= 4 is 5.82 Å². The van der Waals surface area contributed by atoms with E-state index in [0.717, 1.165) is 18.5 Å². The first-order valence-electron chi connectivity index (χ1n) is 6.00. The molecule has 0 amide bonds. The number of rotatable bonds is 7. The predicted molar refractivity (Wildman–Crippen MR) is 66.8 cm³/mol. The van der Waals surface area contributed by atoms with Crippen LogP contribution in [-0.2, 0) is 6.42 Å². The molecule has 0 aromatic carbocycles. The molecule has 0 aliphatic rings. The van der Waals surface area contributed by atoms with Crippen LogP contribution < -0.4 is 5.32 Å². The van der Waals surface area contributed by atoms with E-state index < -0.39 is 5.54 Å². The summed E-state index contributed by atoms with van der Waals surface area (Å²) in [5.74, 6) is 0.647. The van der Waals surface area contributed by atoms with Crippen LogP contribution in [0.1, 0.15) is 32.4 Å². The van der Waals surface area contributed by atoms with Crippen LogP contribution in [0.2, 0.25) is 0 Å². The molecule has 1 aromatic heterocycles. The van der Waals surface area contributed by atoms with E-state index in [1.54, 1.807) is 0 Å². The molecule has 96 valence electrons. The van der Waals surface area contributed by atoms with Crippen LogP contribution in [-0.4, -0.2) is 38.9 Å². The van der Waals surface area contributed by atoms with Gasteiger partial charge in [-0.2, -0.15) is 0 Å². The Labute approximate surface area is 102 Å². The quantitative estimate of drug-likeness (QED) is 0.661. The van der Waals surface area contributed by atoms with Gasteiger partial charge in [0, 0.05) is 11.8 Å². The lowest BCUT2D eigenvalue weighted by Crippen LogP contribution is -2.45.